The van der Waals surface area contributed by atoms with Crippen molar-refractivity contribution in [3.05, 3.63) is 33.3 Å². The zero-order chi connectivity index (χ0) is 15.3. The van der Waals surface area contributed by atoms with E-state index in [0.717, 1.165) is 24.3 Å². The number of sulfonamides is 1. The van der Waals surface area contributed by atoms with Crippen LogP contribution in [0.4, 0.5) is 5.69 Å². The summed E-state index contributed by atoms with van der Waals surface area (Å²) in [7, 11) is -2.26. The molecule has 112 valence electrons. The lowest BCUT2D eigenvalue weighted by atomic mass is 10.3. The lowest BCUT2D eigenvalue weighted by Gasteiger charge is -2.17. The van der Waals surface area contributed by atoms with Gasteiger partial charge in [0.15, 0.2) is 0 Å². The van der Waals surface area contributed by atoms with Crippen LogP contribution in [0.1, 0.15) is 6.42 Å². The third kappa shape index (κ3) is 4.08. The van der Waals surface area contributed by atoms with E-state index >= 15 is 0 Å². The molecule has 9 heteroatoms. The van der Waals surface area contributed by atoms with Crippen LogP contribution in [-0.2, 0) is 10.0 Å². The van der Waals surface area contributed by atoms with Crippen LogP contribution in [-0.4, -0.2) is 43.2 Å². The molecule has 1 rings (SSSR count). The molecule has 0 spiro atoms. The minimum atomic E-state index is -3.72. The summed E-state index contributed by atoms with van der Waals surface area (Å²) < 4.78 is 25.8. The summed E-state index contributed by atoms with van der Waals surface area (Å²) in [6.07, 6.45) is 2.67. The van der Waals surface area contributed by atoms with Crippen molar-refractivity contribution in [3.63, 3.8) is 0 Å². The Morgan fingerprint density at radius 1 is 1.45 bits per heavy atom. The van der Waals surface area contributed by atoms with Crippen molar-refractivity contribution in [2.75, 3.05) is 25.6 Å². The van der Waals surface area contributed by atoms with Crippen LogP contribution in [0, 0.1) is 10.1 Å². The van der Waals surface area contributed by atoms with E-state index in [1.54, 1.807) is 11.8 Å². The average Bonchev–Trinajstić information content (AvgIpc) is 2.38. The fourth-order valence-electron chi connectivity index (χ4n) is 1.53. The molecular formula is C11H15ClN2O4S2. The number of nitro groups is 1. The number of non-ortho nitro benzene ring substituents is 1. The zero-order valence-electron chi connectivity index (χ0n) is 11.1. The molecule has 0 radical (unpaired) electrons. The van der Waals surface area contributed by atoms with Crippen LogP contribution < -0.4 is 0 Å². The summed E-state index contributed by atoms with van der Waals surface area (Å²) >= 11 is 7.48. The maximum atomic E-state index is 12.3. The van der Waals surface area contributed by atoms with Gasteiger partial charge in [-0.1, -0.05) is 11.6 Å². The molecule has 0 aliphatic heterocycles. The predicted molar refractivity (Wildman–Crippen MR) is 80.9 cm³/mol. The Hall–Kier alpha value is -0.830. The van der Waals surface area contributed by atoms with Crippen LogP contribution in [0.15, 0.2) is 23.1 Å². The second kappa shape index (κ2) is 7.26. The number of rotatable bonds is 7. The number of nitro benzene ring substituents is 1. The van der Waals surface area contributed by atoms with Crippen molar-refractivity contribution in [1.82, 2.24) is 4.31 Å². The van der Waals surface area contributed by atoms with Gasteiger partial charge in [0.25, 0.3) is 5.69 Å². The van der Waals surface area contributed by atoms with Crippen molar-refractivity contribution < 1.29 is 13.3 Å². The second-order valence-corrected chi connectivity index (χ2v) is 7.45. The first-order chi connectivity index (χ1) is 9.30. The molecule has 0 saturated heterocycles. The number of hydrogen-bond acceptors (Lipinski definition) is 5. The third-order valence-electron chi connectivity index (χ3n) is 2.64. The Bertz CT molecular complexity index is 592. The van der Waals surface area contributed by atoms with E-state index in [1.165, 1.54) is 17.4 Å². The Morgan fingerprint density at radius 3 is 2.60 bits per heavy atom. The Kier molecular flexibility index (Phi) is 6.25. The van der Waals surface area contributed by atoms with E-state index in [0.29, 0.717) is 6.54 Å². The van der Waals surface area contributed by atoms with Gasteiger partial charge in [-0.05, 0) is 24.5 Å². The topological polar surface area (TPSA) is 80.5 Å². The lowest BCUT2D eigenvalue weighted by molar-refractivity contribution is -0.384. The highest BCUT2D eigenvalue weighted by atomic mass is 35.5. The maximum absolute atomic E-state index is 12.3. The fourth-order valence-corrected chi connectivity index (χ4v) is 3.67. The highest BCUT2D eigenvalue weighted by Gasteiger charge is 2.24. The van der Waals surface area contributed by atoms with Crippen LogP contribution in [0.25, 0.3) is 0 Å². The van der Waals surface area contributed by atoms with Crippen LogP contribution >= 0.6 is 23.4 Å². The van der Waals surface area contributed by atoms with Crippen LogP contribution in [0.3, 0.4) is 0 Å². The largest absolute Gasteiger partial charge is 0.271 e. The van der Waals surface area contributed by atoms with Crippen LogP contribution in [0.5, 0.6) is 0 Å². The Morgan fingerprint density at radius 2 is 2.10 bits per heavy atom. The van der Waals surface area contributed by atoms with E-state index in [1.807, 2.05) is 6.26 Å². The minimum absolute atomic E-state index is 0.114. The van der Waals surface area contributed by atoms with Gasteiger partial charge in [0, 0.05) is 25.7 Å². The molecule has 0 aromatic heterocycles. The Balaban J connectivity index is 3.00. The van der Waals surface area contributed by atoms with E-state index in [4.69, 9.17) is 11.6 Å². The molecule has 0 heterocycles. The van der Waals surface area contributed by atoms with E-state index in [2.05, 4.69) is 0 Å². The second-order valence-electron chi connectivity index (χ2n) is 4.04. The number of halogens is 1. The molecule has 0 unspecified atom stereocenters. The number of hydrogen-bond donors (Lipinski definition) is 0. The molecule has 0 atom stereocenters. The SMILES string of the molecule is CSCCCN(C)S(=O)(=O)c1ccc([N+](=O)[O-])cc1Cl. The molecule has 0 amide bonds. The first-order valence-corrected chi connectivity index (χ1v) is 8.91. The highest BCUT2D eigenvalue weighted by Crippen LogP contribution is 2.28. The molecule has 0 aliphatic rings. The molecule has 0 bridgehead atoms. The molecule has 0 aliphatic carbocycles. The predicted octanol–water partition coefficient (Wildman–Crippen LogP) is 2.62. The summed E-state index contributed by atoms with van der Waals surface area (Å²) in [5, 5.41) is 10.5. The molecule has 20 heavy (non-hydrogen) atoms. The van der Waals surface area contributed by atoms with E-state index in [9.17, 15) is 18.5 Å². The van der Waals surface area contributed by atoms with E-state index in [-0.39, 0.29) is 15.6 Å². The summed E-state index contributed by atoms with van der Waals surface area (Å²) in [6, 6.07) is 3.35. The van der Waals surface area contributed by atoms with Gasteiger partial charge in [0.2, 0.25) is 10.0 Å². The molecule has 1 aromatic rings. The average molecular weight is 339 g/mol. The molecule has 0 fully saturated rings. The van der Waals surface area contributed by atoms with Gasteiger partial charge >= 0.3 is 0 Å². The van der Waals surface area contributed by atoms with Gasteiger partial charge in [0.05, 0.1) is 9.95 Å². The number of nitrogens with zero attached hydrogens (tertiary/aromatic N) is 2. The summed E-state index contributed by atoms with van der Waals surface area (Å²) in [6.45, 7) is 0.372. The number of thioether (sulfide) groups is 1. The highest BCUT2D eigenvalue weighted by molar-refractivity contribution is 7.98. The quantitative estimate of drug-likeness (QED) is 0.433. The Labute approximate surface area is 127 Å². The first-order valence-electron chi connectivity index (χ1n) is 5.70. The van der Waals surface area contributed by atoms with Gasteiger partial charge in [-0.3, -0.25) is 10.1 Å². The van der Waals surface area contributed by atoms with Crippen molar-refractivity contribution in [2.45, 2.75) is 11.3 Å². The van der Waals surface area contributed by atoms with Gasteiger partial charge in [-0.15, -0.1) is 0 Å². The monoisotopic (exact) mass is 338 g/mol. The summed E-state index contributed by atoms with van der Waals surface area (Å²) in [4.78, 5) is 9.87. The zero-order valence-corrected chi connectivity index (χ0v) is 13.5. The van der Waals surface area contributed by atoms with Gasteiger partial charge in [-0.25, -0.2) is 12.7 Å². The van der Waals surface area contributed by atoms with Crippen molar-refractivity contribution in [3.8, 4) is 0 Å². The summed E-state index contributed by atoms with van der Waals surface area (Å²) in [5.41, 5.74) is -0.237. The standard InChI is InChI=1S/C11H15ClN2O4S2/c1-13(6-3-7-19-2)20(17,18)11-5-4-9(14(15)16)8-10(11)12/h4-5,8H,3,6-7H2,1-2H3. The minimum Gasteiger partial charge on any atom is -0.258 e. The fraction of sp³-hybridized carbons (Fsp3) is 0.455. The van der Waals surface area contributed by atoms with Gasteiger partial charge in [0.1, 0.15) is 4.90 Å². The third-order valence-corrected chi connectivity index (χ3v) is 5.67. The molecule has 0 saturated carbocycles. The van der Waals surface area contributed by atoms with E-state index < -0.39 is 14.9 Å². The summed E-state index contributed by atoms with van der Waals surface area (Å²) in [5.74, 6) is 0.855. The lowest BCUT2D eigenvalue weighted by Crippen LogP contribution is -2.28. The van der Waals surface area contributed by atoms with Crippen molar-refractivity contribution in [2.24, 2.45) is 0 Å². The van der Waals surface area contributed by atoms with Gasteiger partial charge in [-0.2, -0.15) is 11.8 Å². The number of benzene rings is 1. The molecule has 1 aromatic carbocycles. The van der Waals surface area contributed by atoms with Crippen molar-refractivity contribution in [1.29, 1.82) is 0 Å². The maximum Gasteiger partial charge on any atom is 0.271 e. The molecular weight excluding hydrogens is 324 g/mol. The molecule has 0 N–H and O–H groups in total. The normalized spacial score (nSPS) is 11.8. The smallest absolute Gasteiger partial charge is 0.258 e. The van der Waals surface area contributed by atoms with Crippen LogP contribution in [0.2, 0.25) is 5.02 Å². The van der Waals surface area contributed by atoms with Crippen molar-refractivity contribution >= 4 is 39.1 Å². The van der Waals surface area contributed by atoms with Gasteiger partial charge < -0.3 is 0 Å². The molecule has 6 nitrogen and oxygen atoms in total. The first kappa shape index (κ1) is 17.2.